The molecule has 3 N–H and O–H groups in total. The number of hydrogen-bond acceptors (Lipinski definition) is 4. The summed E-state index contributed by atoms with van der Waals surface area (Å²) in [6, 6.07) is 7.77. The zero-order valence-corrected chi connectivity index (χ0v) is 10.9. The van der Waals surface area contributed by atoms with Crippen molar-refractivity contribution in [2.45, 2.75) is 11.7 Å². The van der Waals surface area contributed by atoms with Crippen molar-refractivity contribution in [2.75, 3.05) is 6.61 Å². The number of aromatic nitrogens is 2. The maximum absolute atomic E-state index is 11.6. The second-order valence-corrected chi connectivity index (χ2v) is 5.50. The largest absolute Gasteiger partial charge is 0.396 e. The topological polar surface area (TPSA) is 78.0 Å². The molecule has 1 aromatic heterocycles. The maximum Gasteiger partial charge on any atom is 0.238 e. The molecule has 0 spiro atoms. The molecule has 1 fully saturated rings. The Morgan fingerprint density at radius 2 is 2.26 bits per heavy atom. The van der Waals surface area contributed by atoms with E-state index in [0.717, 1.165) is 16.1 Å². The van der Waals surface area contributed by atoms with E-state index in [1.54, 1.807) is 0 Å². The van der Waals surface area contributed by atoms with Gasteiger partial charge in [-0.05, 0) is 18.6 Å². The molecule has 98 valence electrons. The van der Waals surface area contributed by atoms with Crippen LogP contribution >= 0.6 is 11.8 Å². The van der Waals surface area contributed by atoms with E-state index in [-0.39, 0.29) is 17.8 Å². The molecule has 3 rings (SSSR count). The molecule has 2 heterocycles. The van der Waals surface area contributed by atoms with Gasteiger partial charge in [-0.2, -0.15) is 0 Å². The summed E-state index contributed by atoms with van der Waals surface area (Å²) in [5.74, 6) is 0.662. The van der Waals surface area contributed by atoms with E-state index < -0.39 is 0 Å². The van der Waals surface area contributed by atoms with Crippen molar-refractivity contribution in [3.05, 3.63) is 35.1 Å². The second-order valence-electron chi connectivity index (χ2n) is 4.26. The van der Waals surface area contributed by atoms with Gasteiger partial charge in [0.05, 0.1) is 21.3 Å². The fraction of sp³-hybridized carbons (Fsp3) is 0.231. The fourth-order valence-electron chi connectivity index (χ4n) is 1.98. The number of hydrogen-bond donors (Lipinski definition) is 3. The van der Waals surface area contributed by atoms with Gasteiger partial charge in [0.25, 0.3) is 0 Å². The molecule has 1 aromatic carbocycles. The van der Waals surface area contributed by atoms with E-state index in [1.165, 1.54) is 11.8 Å². The van der Waals surface area contributed by atoms with E-state index in [1.807, 2.05) is 30.3 Å². The Kier molecular flexibility index (Phi) is 3.27. The lowest BCUT2D eigenvalue weighted by atomic mass is 10.3. The van der Waals surface area contributed by atoms with Gasteiger partial charge in [-0.1, -0.05) is 23.9 Å². The summed E-state index contributed by atoms with van der Waals surface area (Å²) >= 11 is 1.43. The fourth-order valence-corrected chi connectivity index (χ4v) is 3.02. The van der Waals surface area contributed by atoms with Gasteiger partial charge in [0.15, 0.2) is 0 Å². The van der Waals surface area contributed by atoms with E-state index in [2.05, 4.69) is 15.3 Å². The Hall–Kier alpha value is -1.79. The van der Waals surface area contributed by atoms with Crippen LogP contribution in [0.25, 0.3) is 17.1 Å². The highest BCUT2D eigenvalue weighted by molar-refractivity contribution is 8.05. The molecule has 0 aliphatic carbocycles. The molecule has 1 amide bonds. The Balaban J connectivity index is 1.84. The average Bonchev–Trinajstić information content (AvgIpc) is 2.94. The summed E-state index contributed by atoms with van der Waals surface area (Å²) in [6.45, 7) is 0.0169. The highest BCUT2D eigenvalue weighted by Gasteiger charge is 2.28. The van der Waals surface area contributed by atoms with E-state index in [4.69, 9.17) is 5.11 Å². The number of carbonyl (C=O) groups is 1. The lowest BCUT2D eigenvalue weighted by Gasteiger charge is -1.99. The minimum atomic E-state index is -0.208. The number of benzene rings is 1. The molecule has 1 aliphatic rings. The summed E-state index contributed by atoms with van der Waals surface area (Å²) in [5, 5.41) is 12.2. The third-order valence-electron chi connectivity index (χ3n) is 2.87. The van der Waals surface area contributed by atoms with Crippen LogP contribution in [-0.4, -0.2) is 32.8 Å². The van der Waals surface area contributed by atoms with Crippen LogP contribution in [0.2, 0.25) is 0 Å². The number of thioether (sulfide) groups is 1. The molecule has 0 bridgehead atoms. The molecule has 1 aliphatic heterocycles. The zero-order chi connectivity index (χ0) is 13.2. The summed E-state index contributed by atoms with van der Waals surface area (Å²) in [5.41, 5.74) is 1.87. The number of aliphatic hydroxyl groups excluding tert-OH is 1. The number of imidazole rings is 1. The van der Waals surface area contributed by atoms with Gasteiger partial charge in [0, 0.05) is 12.7 Å². The Labute approximate surface area is 114 Å². The molecule has 0 radical (unpaired) electrons. The Morgan fingerprint density at radius 3 is 3.05 bits per heavy atom. The zero-order valence-electron chi connectivity index (χ0n) is 10.1. The van der Waals surface area contributed by atoms with Gasteiger partial charge in [-0.25, -0.2) is 4.98 Å². The standard InChI is InChI=1S/C13H13N3O2S/c17-6-5-10-13(18)16-12(19-10)7-11-14-8-3-1-2-4-9(8)15-11/h1-4,7,10,17H,5-6H2,(H,14,15)(H,16,18)/b12-7+. The smallest absolute Gasteiger partial charge is 0.238 e. The molecule has 19 heavy (non-hydrogen) atoms. The summed E-state index contributed by atoms with van der Waals surface area (Å²) in [4.78, 5) is 19.2. The summed E-state index contributed by atoms with van der Waals surface area (Å²) in [6.07, 6.45) is 2.29. The van der Waals surface area contributed by atoms with Crippen LogP contribution in [0.1, 0.15) is 12.2 Å². The minimum absolute atomic E-state index is 0.0169. The number of H-pyrrole nitrogens is 1. The number of para-hydroxylation sites is 2. The lowest BCUT2D eigenvalue weighted by Crippen LogP contribution is -2.22. The number of rotatable bonds is 3. The van der Waals surface area contributed by atoms with Crippen molar-refractivity contribution in [3.63, 3.8) is 0 Å². The monoisotopic (exact) mass is 275 g/mol. The van der Waals surface area contributed by atoms with Gasteiger partial charge in [0.1, 0.15) is 5.82 Å². The van der Waals surface area contributed by atoms with Crippen molar-refractivity contribution >= 4 is 34.8 Å². The first-order valence-electron chi connectivity index (χ1n) is 6.01. The first-order valence-corrected chi connectivity index (χ1v) is 6.89. The number of aliphatic hydroxyl groups is 1. The number of nitrogens with zero attached hydrogens (tertiary/aromatic N) is 1. The first kappa shape index (κ1) is 12.3. The number of aromatic amines is 1. The number of carbonyl (C=O) groups excluding carboxylic acids is 1. The third kappa shape index (κ3) is 2.50. The van der Waals surface area contributed by atoms with Gasteiger partial charge in [-0.3, -0.25) is 4.79 Å². The van der Waals surface area contributed by atoms with E-state index >= 15 is 0 Å². The Bertz CT molecular complexity index is 617. The average molecular weight is 275 g/mol. The van der Waals surface area contributed by atoms with E-state index in [9.17, 15) is 4.79 Å². The number of nitrogens with one attached hydrogen (secondary N) is 2. The van der Waals surface area contributed by atoms with Gasteiger partial charge >= 0.3 is 0 Å². The molecule has 5 nitrogen and oxygen atoms in total. The van der Waals surface area contributed by atoms with Gasteiger partial charge < -0.3 is 15.4 Å². The van der Waals surface area contributed by atoms with E-state index in [0.29, 0.717) is 12.2 Å². The van der Waals surface area contributed by atoms with Crippen molar-refractivity contribution in [3.8, 4) is 0 Å². The minimum Gasteiger partial charge on any atom is -0.396 e. The predicted octanol–water partition coefficient (Wildman–Crippen LogP) is 1.48. The van der Waals surface area contributed by atoms with Crippen molar-refractivity contribution < 1.29 is 9.90 Å². The molecule has 1 saturated heterocycles. The van der Waals surface area contributed by atoms with Crippen molar-refractivity contribution in [1.82, 2.24) is 15.3 Å². The highest BCUT2D eigenvalue weighted by Crippen LogP contribution is 2.30. The molecule has 6 heteroatoms. The number of amides is 1. The van der Waals surface area contributed by atoms with Crippen LogP contribution in [0.4, 0.5) is 0 Å². The normalized spacial score (nSPS) is 21.2. The van der Waals surface area contributed by atoms with Crippen LogP contribution in [0.15, 0.2) is 29.3 Å². The van der Waals surface area contributed by atoms with Crippen LogP contribution in [0.3, 0.4) is 0 Å². The second kappa shape index (κ2) is 5.07. The predicted molar refractivity (Wildman–Crippen MR) is 75.3 cm³/mol. The quantitative estimate of drug-likeness (QED) is 0.793. The summed E-state index contributed by atoms with van der Waals surface area (Å²) < 4.78 is 0. The molecule has 1 atom stereocenters. The Morgan fingerprint density at radius 1 is 1.42 bits per heavy atom. The summed E-state index contributed by atoms with van der Waals surface area (Å²) in [7, 11) is 0. The van der Waals surface area contributed by atoms with Crippen molar-refractivity contribution in [2.24, 2.45) is 0 Å². The molecular formula is C13H13N3O2S. The van der Waals surface area contributed by atoms with Crippen LogP contribution in [0, 0.1) is 0 Å². The molecular weight excluding hydrogens is 262 g/mol. The van der Waals surface area contributed by atoms with Crippen molar-refractivity contribution in [1.29, 1.82) is 0 Å². The molecule has 0 saturated carbocycles. The third-order valence-corrected chi connectivity index (χ3v) is 4.08. The molecule has 2 aromatic rings. The van der Waals surface area contributed by atoms with Gasteiger partial charge in [0.2, 0.25) is 5.91 Å². The number of fused-ring (bicyclic) bond motifs is 1. The van der Waals surface area contributed by atoms with Crippen LogP contribution in [-0.2, 0) is 4.79 Å². The highest BCUT2D eigenvalue weighted by atomic mass is 32.2. The molecule has 1 unspecified atom stereocenters. The maximum atomic E-state index is 11.6. The van der Waals surface area contributed by atoms with Crippen LogP contribution < -0.4 is 5.32 Å². The SMILES string of the molecule is O=C1N/C(=C\c2nc3ccccc3[nH]2)SC1CCO. The first-order chi connectivity index (χ1) is 9.26. The van der Waals surface area contributed by atoms with Gasteiger partial charge in [-0.15, -0.1) is 0 Å². The van der Waals surface area contributed by atoms with Crippen LogP contribution in [0.5, 0.6) is 0 Å². The lowest BCUT2D eigenvalue weighted by molar-refractivity contribution is -0.119.